The van der Waals surface area contributed by atoms with E-state index in [4.69, 9.17) is 9.22 Å². The van der Waals surface area contributed by atoms with Gasteiger partial charge in [-0.25, -0.2) is 21.8 Å². The number of pyridine rings is 1. The van der Waals surface area contributed by atoms with Crippen LogP contribution < -0.4 is 0 Å². The van der Waals surface area contributed by atoms with Gasteiger partial charge >= 0.3 is 0 Å². The topological polar surface area (TPSA) is 99.6 Å². The van der Waals surface area contributed by atoms with Crippen LogP contribution in [0.3, 0.4) is 0 Å². The molecule has 19 heteroatoms. The molecular formula is C8H2Br9NO6S3. The highest BCUT2D eigenvalue weighted by atomic mass is 80.0. The number of rotatable bonds is 5. The molecule has 0 saturated carbocycles. The summed E-state index contributed by atoms with van der Waals surface area (Å²) in [5.74, 6) is 0. The Morgan fingerprint density at radius 1 is 0.815 bits per heavy atom. The summed E-state index contributed by atoms with van der Waals surface area (Å²) in [5.41, 5.74) is 0. The number of nitrogens with zero attached hydrogens (tertiary/aromatic N) is 1. The van der Waals surface area contributed by atoms with Crippen LogP contribution in [0, 0.1) is 0 Å². The maximum atomic E-state index is 12.7. The molecule has 0 aromatic carbocycles. The van der Waals surface area contributed by atoms with Crippen LogP contribution in [0.4, 0.5) is 0 Å². The molecule has 0 N–H and O–H groups in total. The lowest BCUT2D eigenvalue weighted by molar-refractivity contribution is -0.184. The van der Waals surface area contributed by atoms with Gasteiger partial charge in [0.1, 0.15) is 5.03 Å². The van der Waals surface area contributed by atoms with Crippen LogP contribution in [-0.4, -0.2) is 27.1 Å². The van der Waals surface area contributed by atoms with Crippen LogP contribution in [0.25, 0.3) is 0 Å². The van der Waals surface area contributed by atoms with E-state index in [9.17, 15) is 16.8 Å². The lowest BCUT2D eigenvalue weighted by Crippen LogP contribution is -2.22. The molecule has 1 heterocycles. The van der Waals surface area contributed by atoms with Gasteiger partial charge in [-0.15, -0.1) is 0 Å². The fourth-order valence-corrected chi connectivity index (χ4v) is 7.03. The van der Waals surface area contributed by atoms with Gasteiger partial charge in [-0.05, 0) is 156 Å². The Labute approximate surface area is 234 Å². The van der Waals surface area contributed by atoms with E-state index in [1.807, 2.05) is 0 Å². The van der Waals surface area contributed by atoms with Gasteiger partial charge in [-0.2, -0.15) is 9.22 Å². The highest BCUT2D eigenvalue weighted by molar-refractivity contribution is 9.42. The van der Waals surface area contributed by atoms with Crippen molar-refractivity contribution in [2.24, 2.45) is 0 Å². The van der Waals surface area contributed by atoms with Gasteiger partial charge in [-0.1, -0.05) is 0 Å². The largest absolute Gasteiger partial charge is 0.266 e. The molecule has 0 aliphatic carbocycles. The zero-order valence-corrected chi connectivity index (χ0v) is 28.4. The summed E-state index contributed by atoms with van der Waals surface area (Å²) < 4.78 is 50.7. The van der Waals surface area contributed by atoms with Crippen molar-refractivity contribution in [3.8, 4) is 0 Å². The Morgan fingerprint density at radius 2 is 1.30 bits per heavy atom. The third kappa shape index (κ3) is 8.17. The minimum atomic E-state index is -4.19. The van der Waals surface area contributed by atoms with Crippen LogP contribution in [-0.2, 0) is 28.9 Å². The van der Waals surface area contributed by atoms with E-state index in [0.29, 0.717) is 12.0 Å². The van der Waals surface area contributed by atoms with Gasteiger partial charge < -0.3 is 0 Å². The van der Waals surface area contributed by atoms with Crippen molar-refractivity contribution in [2.75, 3.05) is 0 Å². The minimum Gasteiger partial charge on any atom is -0.227 e. The molecular weight excluding hydrogens is 1020 g/mol. The first kappa shape index (κ1) is 28.7. The van der Waals surface area contributed by atoms with Crippen molar-refractivity contribution in [3.63, 3.8) is 0 Å². The van der Waals surface area contributed by atoms with Crippen LogP contribution >= 0.6 is 155 Å². The molecule has 1 rings (SSSR count). The summed E-state index contributed by atoms with van der Waals surface area (Å²) in [6, 6.07) is 2.01. The summed E-state index contributed by atoms with van der Waals surface area (Å²) in [5, 5.41) is -0.667. The van der Waals surface area contributed by atoms with E-state index >= 15 is 0 Å². The zero-order chi connectivity index (χ0) is 21.5. The molecule has 0 fully saturated rings. The second-order valence-corrected chi connectivity index (χ2v) is 32.1. The average Bonchev–Trinajstić information content (AvgIpc) is 2.43. The Morgan fingerprint density at radius 3 is 1.70 bits per heavy atom. The van der Waals surface area contributed by atoms with Crippen molar-refractivity contribution in [3.05, 3.63) is 12.1 Å². The first-order valence-electron chi connectivity index (χ1n) is 5.53. The number of alkyl halides is 9. The lowest BCUT2D eigenvalue weighted by atomic mass is 10.5. The summed E-state index contributed by atoms with van der Waals surface area (Å²) in [6.07, 6.45) is 0. The fraction of sp³-hybridized carbons (Fsp3) is 0.375. The Kier molecular flexibility index (Phi) is 10.9. The van der Waals surface area contributed by atoms with Crippen LogP contribution in [0.1, 0.15) is 0 Å². The van der Waals surface area contributed by atoms with E-state index in [2.05, 4.69) is 148 Å². The predicted molar refractivity (Wildman–Crippen MR) is 135 cm³/mol. The Balaban J connectivity index is 3.54. The molecule has 0 spiro atoms. The number of aromatic nitrogens is 1. The fourth-order valence-electron chi connectivity index (χ4n) is 1.14. The van der Waals surface area contributed by atoms with Crippen molar-refractivity contribution in [2.45, 2.75) is 20.2 Å². The maximum Gasteiger partial charge on any atom is 0.266 e. The number of halogens is 9. The summed E-state index contributed by atoms with van der Waals surface area (Å²) in [7, 11) is -8.31. The Bertz CT molecular complexity index is 841. The number of sulfone groups is 2. The van der Waals surface area contributed by atoms with E-state index in [1.165, 1.54) is 0 Å². The lowest BCUT2D eigenvalue weighted by Gasteiger charge is -2.17. The second kappa shape index (κ2) is 10.3. The quantitative estimate of drug-likeness (QED) is 0.135. The molecule has 1 aromatic rings. The number of hydrogen-bond donors (Lipinski definition) is 0. The minimum absolute atomic E-state index is 0.111. The maximum absolute atomic E-state index is 12.7. The highest BCUT2D eigenvalue weighted by Crippen LogP contribution is 2.46. The molecule has 156 valence electrons. The summed E-state index contributed by atoms with van der Waals surface area (Å²) in [6.45, 7) is 0. The second-order valence-electron chi connectivity index (χ2n) is 4.06. The summed E-state index contributed by atoms with van der Waals surface area (Å²) in [4.78, 5) is 8.38. The van der Waals surface area contributed by atoms with Gasteiger partial charge in [-0.3, -0.25) is 0 Å². The molecule has 7 nitrogen and oxygen atoms in total. The van der Waals surface area contributed by atoms with E-state index in [-0.39, 0.29) is 9.92 Å². The van der Waals surface area contributed by atoms with E-state index < -0.39 is 30.0 Å². The first-order valence-corrected chi connectivity index (χ1v) is 16.4. The Hall–Kier alpha value is 3.64. The zero-order valence-electron chi connectivity index (χ0n) is 11.7. The molecule has 0 amide bonds. The molecule has 0 bridgehead atoms. The molecule has 0 radical (unpaired) electrons. The van der Waals surface area contributed by atoms with Crippen molar-refractivity contribution in [1.29, 1.82) is 0 Å². The van der Waals surface area contributed by atoms with Crippen molar-refractivity contribution in [1.82, 2.24) is 4.98 Å². The van der Waals surface area contributed by atoms with Gasteiger partial charge in [0.05, 0.1) is 16.9 Å². The van der Waals surface area contributed by atoms with Gasteiger partial charge in [0.2, 0.25) is 22.6 Å². The molecule has 0 saturated heterocycles. The third-order valence-electron chi connectivity index (χ3n) is 2.19. The number of hydrogen-bond acceptors (Lipinski definition) is 8. The van der Waals surface area contributed by atoms with Crippen LogP contribution in [0.15, 0.2) is 27.1 Å². The molecule has 0 atom stereocenters. The predicted octanol–water partition coefficient (Wildman–Crippen LogP) is 6.97. The molecule has 27 heavy (non-hydrogen) atoms. The molecule has 0 aliphatic heterocycles. The van der Waals surface area contributed by atoms with E-state index in [1.54, 1.807) is 0 Å². The smallest absolute Gasteiger partial charge is 0.227 e. The summed E-state index contributed by atoms with van der Waals surface area (Å²) >= 11 is 27.0. The monoisotopic (exact) mass is 1010 g/mol. The van der Waals surface area contributed by atoms with Gasteiger partial charge in [0.25, 0.3) is 2.33 Å². The SMILES string of the molecule is O=S(=O)(c1cc(SOOC(Br)(Br)Br)nc(S(=O)(=O)C(Br)(Br)Br)c1)C(Br)(Br)Br. The van der Waals surface area contributed by atoms with Gasteiger partial charge in [0, 0.05) is 0 Å². The highest BCUT2D eigenvalue weighted by Gasteiger charge is 2.42. The molecule has 1 aromatic heterocycles. The normalized spacial score (nSPS) is 14.4. The van der Waals surface area contributed by atoms with Crippen molar-refractivity contribution >= 4 is 175 Å². The standard InChI is InChI=1S/C8H2Br9NO6S3/c9-6(10,11)23-24-25-4-1-3(26(19,20)7(12,13)14)2-5(18-4)27(21,22)8(15,16)17/h1-2H. The molecule has 0 unspecified atom stereocenters. The molecule has 0 aliphatic rings. The third-order valence-corrected chi connectivity index (χ3v) is 13.6. The average molecular weight is 1020 g/mol. The first-order chi connectivity index (χ1) is 11.8. The van der Waals surface area contributed by atoms with Crippen LogP contribution in [0.2, 0.25) is 0 Å². The van der Waals surface area contributed by atoms with Crippen LogP contribution in [0.5, 0.6) is 0 Å². The van der Waals surface area contributed by atoms with Crippen molar-refractivity contribution < 1.29 is 26.1 Å². The van der Waals surface area contributed by atoms with E-state index in [0.717, 1.165) is 12.1 Å². The van der Waals surface area contributed by atoms with Gasteiger partial charge in [0.15, 0.2) is 5.03 Å².